The second-order valence-corrected chi connectivity index (χ2v) is 4.37. The molecule has 0 spiro atoms. The zero-order valence-electron chi connectivity index (χ0n) is 10.1. The Balaban J connectivity index is 2.35. The SMILES string of the molecule is COc1ncc(Cl)c(Oc2ccc(Cl)c(C(=O)O)c2)n1. The summed E-state index contributed by atoms with van der Waals surface area (Å²) < 4.78 is 10.3. The van der Waals surface area contributed by atoms with Crippen molar-refractivity contribution in [3.8, 4) is 17.6 Å². The van der Waals surface area contributed by atoms with Gasteiger partial charge in [-0.05, 0) is 18.2 Å². The largest absolute Gasteiger partial charge is 0.478 e. The minimum absolute atomic E-state index is 0.0529. The number of rotatable bonds is 4. The van der Waals surface area contributed by atoms with Crippen LogP contribution in [0.25, 0.3) is 0 Å². The zero-order valence-corrected chi connectivity index (χ0v) is 11.6. The first-order valence-electron chi connectivity index (χ1n) is 5.28. The molecule has 1 heterocycles. The van der Waals surface area contributed by atoms with Crippen LogP contribution in [0.5, 0.6) is 17.6 Å². The molecule has 1 aromatic heterocycles. The van der Waals surface area contributed by atoms with Gasteiger partial charge < -0.3 is 14.6 Å². The van der Waals surface area contributed by atoms with Crippen molar-refractivity contribution in [2.45, 2.75) is 0 Å². The maximum Gasteiger partial charge on any atom is 0.337 e. The number of halogens is 2. The second-order valence-electron chi connectivity index (χ2n) is 3.56. The van der Waals surface area contributed by atoms with E-state index in [2.05, 4.69) is 9.97 Å². The number of carbonyl (C=O) groups is 1. The highest BCUT2D eigenvalue weighted by molar-refractivity contribution is 6.33. The van der Waals surface area contributed by atoms with Crippen LogP contribution in [-0.2, 0) is 0 Å². The van der Waals surface area contributed by atoms with Gasteiger partial charge in [-0.1, -0.05) is 23.2 Å². The van der Waals surface area contributed by atoms with Crippen LogP contribution in [0.4, 0.5) is 0 Å². The molecule has 0 fully saturated rings. The highest BCUT2D eigenvalue weighted by Crippen LogP contribution is 2.30. The molecule has 20 heavy (non-hydrogen) atoms. The molecule has 0 aliphatic carbocycles. The van der Waals surface area contributed by atoms with E-state index in [0.29, 0.717) is 0 Å². The van der Waals surface area contributed by atoms with Gasteiger partial charge in [0.15, 0.2) is 0 Å². The Morgan fingerprint density at radius 1 is 1.30 bits per heavy atom. The molecule has 8 heteroatoms. The van der Waals surface area contributed by atoms with Gasteiger partial charge in [0.05, 0.1) is 23.9 Å². The van der Waals surface area contributed by atoms with Crippen molar-refractivity contribution in [3.63, 3.8) is 0 Å². The molecule has 104 valence electrons. The summed E-state index contributed by atoms with van der Waals surface area (Å²) in [5.41, 5.74) is -0.0821. The maximum atomic E-state index is 11.0. The minimum atomic E-state index is -1.16. The summed E-state index contributed by atoms with van der Waals surface area (Å²) in [6.45, 7) is 0. The fourth-order valence-electron chi connectivity index (χ4n) is 1.35. The third-order valence-corrected chi connectivity index (χ3v) is 2.84. The van der Waals surface area contributed by atoms with E-state index >= 15 is 0 Å². The summed E-state index contributed by atoms with van der Waals surface area (Å²) in [6, 6.07) is 4.26. The lowest BCUT2D eigenvalue weighted by molar-refractivity contribution is 0.0696. The summed E-state index contributed by atoms with van der Waals surface area (Å²) in [5, 5.41) is 9.25. The molecule has 0 aliphatic heterocycles. The van der Waals surface area contributed by atoms with Gasteiger partial charge >= 0.3 is 12.0 Å². The standard InChI is InChI=1S/C12H8Cl2N2O4/c1-19-12-15-5-9(14)10(16-12)20-6-2-3-8(13)7(4-6)11(17)18/h2-5H,1H3,(H,17,18). The van der Waals surface area contributed by atoms with Gasteiger partial charge in [0.1, 0.15) is 10.8 Å². The Kier molecular flexibility index (Phi) is 4.26. The van der Waals surface area contributed by atoms with Gasteiger partial charge in [-0.25, -0.2) is 9.78 Å². The summed E-state index contributed by atoms with van der Waals surface area (Å²) in [6.07, 6.45) is 1.32. The highest BCUT2D eigenvalue weighted by Gasteiger charge is 2.13. The molecule has 2 aromatic rings. The zero-order chi connectivity index (χ0) is 14.7. The summed E-state index contributed by atoms with van der Waals surface area (Å²) >= 11 is 11.7. The van der Waals surface area contributed by atoms with E-state index in [-0.39, 0.29) is 33.2 Å². The van der Waals surface area contributed by atoms with E-state index < -0.39 is 5.97 Å². The van der Waals surface area contributed by atoms with Gasteiger partial charge in [0.25, 0.3) is 0 Å². The highest BCUT2D eigenvalue weighted by atomic mass is 35.5. The van der Waals surface area contributed by atoms with Crippen molar-refractivity contribution in [1.82, 2.24) is 9.97 Å². The van der Waals surface area contributed by atoms with Crippen LogP contribution in [0.1, 0.15) is 10.4 Å². The van der Waals surface area contributed by atoms with E-state index in [9.17, 15) is 4.79 Å². The number of nitrogens with zero attached hydrogens (tertiary/aromatic N) is 2. The van der Waals surface area contributed by atoms with Crippen LogP contribution in [-0.4, -0.2) is 28.2 Å². The van der Waals surface area contributed by atoms with E-state index in [1.54, 1.807) is 0 Å². The lowest BCUT2D eigenvalue weighted by Crippen LogP contribution is -1.99. The molecule has 0 atom stereocenters. The lowest BCUT2D eigenvalue weighted by Gasteiger charge is -2.08. The number of carboxylic acid groups (broad SMARTS) is 1. The van der Waals surface area contributed by atoms with E-state index in [1.807, 2.05) is 0 Å². The Bertz CT molecular complexity index is 664. The minimum Gasteiger partial charge on any atom is -0.478 e. The first-order valence-corrected chi connectivity index (χ1v) is 6.04. The van der Waals surface area contributed by atoms with Crippen LogP contribution < -0.4 is 9.47 Å². The molecular weight excluding hydrogens is 307 g/mol. The van der Waals surface area contributed by atoms with Crippen LogP contribution in [0.3, 0.4) is 0 Å². The Labute approximate surface area is 123 Å². The average molecular weight is 315 g/mol. The van der Waals surface area contributed by atoms with Crippen molar-refractivity contribution in [2.75, 3.05) is 7.11 Å². The number of hydrogen-bond acceptors (Lipinski definition) is 5. The molecule has 0 saturated heterocycles. The molecule has 1 N–H and O–H groups in total. The van der Waals surface area contributed by atoms with Crippen LogP contribution in [0, 0.1) is 0 Å². The molecule has 2 rings (SSSR count). The van der Waals surface area contributed by atoms with E-state index in [0.717, 1.165) is 0 Å². The quantitative estimate of drug-likeness (QED) is 0.932. The fraction of sp³-hybridized carbons (Fsp3) is 0.0833. The third-order valence-electron chi connectivity index (χ3n) is 2.26. The smallest absolute Gasteiger partial charge is 0.337 e. The van der Waals surface area contributed by atoms with Crippen molar-refractivity contribution in [3.05, 3.63) is 40.0 Å². The Hall–Kier alpha value is -2.05. The fourth-order valence-corrected chi connectivity index (χ4v) is 1.68. The van der Waals surface area contributed by atoms with Gasteiger partial charge in [-0.15, -0.1) is 0 Å². The predicted octanol–water partition coefficient (Wildman–Crippen LogP) is 3.28. The van der Waals surface area contributed by atoms with Crippen LogP contribution in [0.2, 0.25) is 10.0 Å². The van der Waals surface area contributed by atoms with Crippen molar-refractivity contribution in [2.24, 2.45) is 0 Å². The van der Waals surface area contributed by atoms with Gasteiger partial charge in [-0.3, -0.25) is 0 Å². The number of methoxy groups -OCH3 is 1. The number of carboxylic acids is 1. The summed E-state index contributed by atoms with van der Waals surface area (Å²) in [7, 11) is 1.40. The number of aromatic nitrogens is 2. The lowest BCUT2D eigenvalue weighted by atomic mass is 10.2. The van der Waals surface area contributed by atoms with Gasteiger partial charge in [0, 0.05) is 0 Å². The molecule has 0 aliphatic rings. The number of hydrogen-bond donors (Lipinski definition) is 1. The molecule has 0 amide bonds. The Morgan fingerprint density at radius 3 is 2.70 bits per heavy atom. The van der Waals surface area contributed by atoms with E-state index in [4.69, 9.17) is 37.8 Å². The number of aromatic carboxylic acids is 1. The van der Waals surface area contributed by atoms with E-state index in [1.165, 1.54) is 31.5 Å². The average Bonchev–Trinajstić information content (AvgIpc) is 2.43. The number of ether oxygens (including phenoxy) is 2. The first-order chi connectivity index (χ1) is 9.51. The third kappa shape index (κ3) is 3.09. The second kappa shape index (κ2) is 5.94. The molecule has 6 nitrogen and oxygen atoms in total. The summed E-state index contributed by atoms with van der Waals surface area (Å²) in [5.74, 6) is -0.876. The summed E-state index contributed by atoms with van der Waals surface area (Å²) in [4.78, 5) is 18.7. The van der Waals surface area contributed by atoms with Crippen LogP contribution >= 0.6 is 23.2 Å². The maximum absolute atomic E-state index is 11.0. The molecule has 0 radical (unpaired) electrons. The van der Waals surface area contributed by atoms with Crippen molar-refractivity contribution in [1.29, 1.82) is 0 Å². The number of benzene rings is 1. The Morgan fingerprint density at radius 2 is 2.05 bits per heavy atom. The van der Waals surface area contributed by atoms with Crippen molar-refractivity contribution >= 4 is 29.2 Å². The van der Waals surface area contributed by atoms with Gasteiger partial charge in [0.2, 0.25) is 5.88 Å². The molecule has 1 aromatic carbocycles. The molecule has 0 bridgehead atoms. The molecule has 0 saturated carbocycles. The predicted molar refractivity (Wildman–Crippen MR) is 72.1 cm³/mol. The normalized spacial score (nSPS) is 10.2. The molecular formula is C12H8Cl2N2O4. The first kappa shape index (κ1) is 14.4. The molecule has 0 unspecified atom stereocenters. The topological polar surface area (TPSA) is 81.5 Å². The monoisotopic (exact) mass is 314 g/mol. The van der Waals surface area contributed by atoms with Crippen LogP contribution in [0.15, 0.2) is 24.4 Å². The van der Waals surface area contributed by atoms with Gasteiger partial charge in [-0.2, -0.15) is 4.98 Å². The van der Waals surface area contributed by atoms with Crippen molar-refractivity contribution < 1.29 is 19.4 Å².